The summed E-state index contributed by atoms with van der Waals surface area (Å²) in [6.45, 7) is 7.00. The number of β-amino-alcohol motifs (C(OH)–C–C–N with tert-alkyl or cyclic N) is 1. The standard InChI is InChI=1S/C16H24N2O4/c1-12-7-13(2)9-17(8-12)10-14(19)11-22-16-6-4-3-5-15(16)18(20)21/h3-6,12-14,19H,7-11H2,1-2H3. The fraction of sp³-hybridized carbons (Fsp3) is 0.625. The van der Waals surface area contributed by atoms with Crippen molar-refractivity contribution < 1.29 is 14.8 Å². The van der Waals surface area contributed by atoms with Crippen molar-refractivity contribution in [2.24, 2.45) is 11.8 Å². The summed E-state index contributed by atoms with van der Waals surface area (Å²) in [5.74, 6) is 1.46. The van der Waals surface area contributed by atoms with Crippen molar-refractivity contribution in [3.8, 4) is 5.75 Å². The number of para-hydroxylation sites is 2. The van der Waals surface area contributed by atoms with Gasteiger partial charge in [0.25, 0.3) is 0 Å². The van der Waals surface area contributed by atoms with Gasteiger partial charge < -0.3 is 14.7 Å². The number of ether oxygens (including phenoxy) is 1. The second-order valence-corrected chi connectivity index (χ2v) is 6.35. The summed E-state index contributed by atoms with van der Waals surface area (Å²) in [5, 5.41) is 21.0. The number of nitro groups is 1. The summed E-state index contributed by atoms with van der Waals surface area (Å²) < 4.78 is 5.44. The maximum absolute atomic E-state index is 10.9. The van der Waals surface area contributed by atoms with E-state index in [2.05, 4.69) is 18.7 Å². The molecule has 1 fully saturated rings. The summed E-state index contributed by atoms with van der Waals surface area (Å²) >= 11 is 0. The van der Waals surface area contributed by atoms with Crippen molar-refractivity contribution >= 4 is 5.69 Å². The van der Waals surface area contributed by atoms with E-state index >= 15 is 0 Å². The van der Waals surface area contributed by atoms with E-state index in [1.807, 2.05) is 0 Å². The Balaban J connectivity index is 1.85. The van der Waals surface area contributed by atoms with Crippen LogP contribution >= 0.6 is 0 Å². The molecular weight excluding hydrogens is 284 g/mol. The van der Waals surface area contributed by atoms with Crippen LogP contribution in [0.25, 0.3) is 0 Å². The average molecular weight is 308 g/mol. The smallest absolute Gasteiger partial charge is 0.310 e. The van der Waals surface area contributed by atoms with Gasteiger partial charge in [-0.1, -0.05) is 26.0 Å². The number of nitro benzene ring substituents is 1. The minimum absolute atomic E-state index is 0.0596. The number of aliphatic hydroxyl groups excluding tert-OH is 1. The molecule has 0 bridgehead atoms. The zero-order valence-corrected chi connectivity index (χ0v) is 13.1. The number of hydrogen-bond donors (Lipinski definition) is 1. The van der Waals surface area contributed by atoms with Crippen molar-refractivity contribution in [1.29, 1.82) is 0 Å². The van der Waals surface area contributed by atoms with Crippen LogP contribution in [0, 0.1) is 22.0 Å². The predicted octanol–water partition coefficient (Wildman–Crippen LogP) is 2.31. The molecule has 0 amide bonds. The second-order valence-electron chi connectivity index (χ2n) is 6.35. The van der Waals surface area contributed by atoms with E-state index in [-0.39, 0.29) is 18.0 Å². The van der Waals surface area contributed by atoms with Crippen LogP contribution in [-0.4, -0.2) is 47.3 Å². The number of likely N-dealkylation sites (tertiary alicyclic amines) is 1. The van der Waals surface area contributed by atoms with E-state index in [0.717, 1.165) is 13.1 Å². The molecule has 0 radical (unpaired) electrons. The molecule has 1 aromatic carbocycles. The minimum Gasteiger partial charge on any atom is -0.484 e. The van der Waals surface area contributed by atoms with Gasteiger partial charge in [0.15, 0.2) is 5.75 Å². The van der Waals surface area contributed by atoms with Gasteiger partial charge in [-0.3, -0.25) is 10.1 Å². The van der Waals surface area contributed by atoms with Gasteiger partial charge in [-0.25, -0.2) is 0 Å². The zero-order valence-electron chi connectivity index (χ0n) is 13.1. The lowest BCUT2D eigenvalue weighted by molar-refractivity contribution is -0.385. The molecule has 1 aliphatic rings. The van der Waals surface area contributed by atoms with Crippen LogP contribution < -0.4 is 4.74 Å². The highest BCUT2D eigenvalue weighted by molar-refractivity contribution is 5.45. The number of nitrogens with zero attached hydrogens (tertiary/aromatic N) is 2. The Morgan fingerprint density at radius 1 is 1.36 bits per heavy atom. The number of hydrogen-bond acceptors (Lipinski definition) is 5. The lowest BCUT2D eigenvalue weighted by atomic mass is 9.92. The molecule has 0 aliphatic carbocycles. The first kappa shape index (κ1) is 16.7. The van der Waals surface area contributed by atoms with E-state index in [4.69, 9.17) is 4.74 Å². The second kappa shape index (κ2) is 7.56. The topological polar surface area (TPSA) is 75.8 Å². The molecule has 122 valence electrons. The predicted molar refractivity (Wildman–Crippen MR) is 84.0 cm³/mol. The van der Waals surface area contributed by atoms with Gasteiger partial charge in [-0.2, -0.15) is 0 Å². The summed E-state index contributed by atoms with van der Waals surface area (Å²) in [5.41, 5.74) is -0.0742. The summed E-state index contributed by atoms with van der Waals surface area (Å²) in [6, 6.07) is 6.23. The maximum atomic E-state index is 10.9. The lowest BCUT2D eigenvalue weighted by Gasteiger charge is -2.35. The van der Waals surface area contributed by atoms with Crippen molar-refractivity contribution in [3.63, 3.8) is 0 Å². The van der Waals surface area contributed by atoms with Crippen molar-refractivity contribution in [1.82, 2.24) is 4.90 Å². The van der Waals surface area contributed by atoms with E-state index in [1.165, 1.54) is 12.5 Å². The van der Waals surface area contributed by atoms with Gasteiger partial charge in [0.1, 0.15) is 12.7 Å². The van der Waals surface area contributed by atoms with Crippen LogP contribution in [0.5, 0.6) is 5.75 Å². The Hall–Kier alpha value is -1.66. The van der Waals surface area contributed by atoms with Crippen molar-refractivity contribution in [2.45, 2.75) is 26.4 Å². The Bertz CT molecular complexity index is 499. The Kier molecular flexibility index (Phi) is 5.74. The number of rotatable bonds is 6. The highest BCUT2D eigenvalue weighted by Crippen LogP contribution is 2.26. The Morgan fingerprint density at radius 3 is 2.64 bits per heavy atom. The molecule has 1 aromatic rings. The SMILES string of the molecule is CC1CC(C)CN(CC(O)COc2ccccc2[N+](=O)[O-])C1. The maximum Gasteiger partial charge on any atom is 0.310 e. The first-order valence-electron chi connectivity index (χ1n) is 7.72. The van der Waals surface area contributed by atoms with Crippen LogP contribution in [0.2, 0.25) is 0 Å². The molecule has 1 aliphatic heterocycles. The van der Waals surface area contributed by atoms with E-state index < -0.39 is 11.0 Å². The quantitative estimate of drug-likeness (QED) is 0.644. The number of piperidine rings is 1. The average Bonchev–Trinajstić information content (AvgIpc) is 2.44. The third kappa shape index (κ3) is 4.68. The van der Waals surface area contributed by atoms with Gasteiger partial charge >= 0.3 is 5.69 Å². The summed E-state index contributed by atoms with van der Waals surface area (Å²) in [4.78, 5) is 12.7. The first-order chi connectivity index (χ1) is 10.5. The van der Waals surface area contributed by atoms with Gasteiger partial charge in [0, 0.05) is 25.7 Å². The van der Waals surface area contributed by atoms with E-state index in [9.17, 15) is 15.2 Å². The van der Waals surface area contributed by atoms with Gasteiger partial charge in [-0.15, -0.1) is 0 Å². The van der Waals surface area contributed by atoms with Crippen LogP contribution in [0.15, 0.2) is 24.3 Å². The van der Waals surface area contributed by atoms with Crippen LogP contribution in [0.4, 0.5) is 5.69 Å². The third-order valence-electron chi connectivity index (χ3n) is 3.91. The van der Waals surface area contributed by atoms with E-state index in [1.54, 1.807) is 18.2 Å². The molecule has 3 atom stereocenters. The molecule has 0 spiro atoms. The first-order valence-corrected chi connectivity index (χ1v) is 7.72. The minimum atomic E-state index is -0.655. The molecule has 1 heterocycles. The third-order valence-corrected chi connectivity index (χ3v) is 3.91. The molecule has 1 saturated heterocycles. The van der Waals surface area contributed by atoms with Crippen LogP contribution in [-0.2, 0) is 0 Å². The summed E-state index contributed by atoms with van der Waals surface area (Å²) in [6.07, 6.45) is 0.566. The highest BCUT2D eigenvalue weighted by Gasteiger charge is 2.24. The monoisotopic (exact) mass is 308 g/mol. The van der Waals surface area contributed by atoms with Gasteiger partial charge in [0.05, 0.1) is 4.92 Å². The van der Waals surface area contributed by atoms with Gasteiger partial charge in [-0.05, 0) is 24.3 Å². The Morgan fingerprint density at radius 2 is 2.00 bits per heavy atom. The molecule has 3 unspecified atom stereocenters. The molecule has 6 nitrogen and oxygen atoms in total. The fourth-order valence-corrected chi connectivity index (χ4v) is 3.21. The molecule has 0 saturated carbocycles. The van der Waals surface area contributed by atoms with E-state index in [0.29, 0.717) is 18.4 Å². The molecule has 1 N–H and O–H groups in total. The van der Waals surface area contributed by atoms with Gasteiger partial charge in [0.2, 0.25) is 0 Å². The fourth-order valence-electron chi connectivity index (χ4n) is 3.21. The lowest BCUT2D eigenvalue weighted by Crippen LogP contribution is -2.44. The highest BCUT2D eigenvalue weighted by atomic mass is 16.6. The molecule has 2 rings (SSSR count). The van der Waals surface area contributed by atoms with Crippen LogP contribution in [0.3, 0.4) is 0 Å². The molecule has 6 heteroatoms. The van der Waals surface area contributed by atoms with Crippen molar-refractivity contribution in [2.75, 3.05) is 26.2 Å². The zero-order chi connectivity index (χ0) is 16.1. The number of benzene rings is 1. The summed E-state index contributed by atoms with van der Waals surface area (Å²) in [7, 11) is 0. The van der Waals surface area contributed by atoms with Crippen LogP contribution in [0.1, 0.15) is 20.3 Å². The molecular formula is C16H24N2O4. The number of aliphatic hydroxyl groups is 1. The molecule has 0 aromatic heterocycles. The molecule has 22 heavy (non-hydrogen) atoms. The largest absolute Gasteiger partial charge is 0.484 e. The normalized spacial score (nSPS) is 24.0. The van der Waals surface area contributed by atoms with Crippen molar-refractivity contribution in [3.05, 3.63) is 34.4 Å². The Labute approximate surface area is 130 Å².